The Balaban J connectivity index is 1.44. The van der Waals surface area contributed by atoms with Crippen molar-refractivity contribution < 1.29 is 9.90 Å². The molecule has 6 heteroatoms. The van der Waals surface area contributed by atoms with Gasteiger partial charge in [-0.3, -0.25) is 14.3 Å². The van der Waals surface area contributed by atoms with Crippen molar-refractivity contribution in [2.45, 2.75) is 95.2 Å². The highest BCUT2D eigenvalue weighted by atomic mass is 16.4. The summed E-state index contributed by atoms with van der Waals surface area (Å²) in [6.07, 6.45) is 14.1. The van der Waals surface area contributed by atoms with Gasteiger partial charge in [-0.15, -0.1) is 0 Å². The van der Waals surface area contributed by atoms with E-state index in [9.17, 15) is 14.7 Å². The molecule has 1 unspecified atom stereocenters. The van der Waals surface area contributed by atoms with Gasteiger partial charge < -0.3 is 5.11 Å². The highest BCUT2D eigenvalue weighted by Crippen LogP contribution is 2.54. The van der Waals surface area contributed by atoms with Crippen LogP contribution in [-0.4, -0.2) is 44.2 Å². The molecule has 2 aromatic rings. The maximum atomic E-state index is 13.3. The van der Waals surface area contributed by atoms with Gasteiger partial charge >= 0.3 is 5.97 Å². The summed E-state index contributed by atoms with van der Waals surface area (Å²) in [5, 5.41) is 9.61. The fraction of sp³-hybridized carbons (Fsp3) is 0.654. The SMILES string of the molecule is C[C@]1(n2c(=O)c(C(=O)O)nc3ccccc32)C[C@@H]2C1CCN2C1CCCCCCCCC1. The standard InChI is InChI=1S/C26H35N3O3/c1-26(29-21-14-10-9-13-20(21)27-23(24(29)30)25(31)32)17-22-19(26)15-16-28(22)18-11-7-5-3-2-4-6-8-12-18/h9-10,13-14,18-19,22H,2-8,11-12,15-17H2,1H3,(H,31,32)/t19?,22-,26+/m1/s1. The van der Waals surface area contributed by atoms with E-state index in [2.05, 4.69) is 16.8 Å². The summed E-state index contributed by atoms with van der Waals surface area (Å²) < 4.78 is 1.77. The van der Waals surface area contributed by atoms with Gasteiger partial charge in [-0.25, -0.2) is 9.78 Å². The molecule has 1 saturated heterocycles. The summed E-state index contributed by atoms with van der Waals surface area (Å²) in [6.45, 7) is 3.25. The predicted molar refractivity (Wildman–Crippen MR) is 125 cm³/mol. The molecular formula is C26H35N3O3. The molecule has 2 heterocycles. The van der Waals surface area contributed by atoms with Gasteiger partial charge in [-0.1, -0.05) is 57.1 Å². The van der Waals surface area contributed by atoms with Crippen molar-refractivity contribution in [2.24, 2.45) is 5.92 Å². The van der Waals surface area contributed by atoms with E-state index in [0.29, 0.717) is 23.5 Å². The van der Waals surface area contributed by atoms with Gasteiger partial charge in [0.05, 0.1) is 16.6 Å². The zero-order valence-electron chi connectivity index (χ0n) is 19.1. The zero-order chi connectivity index (χ0) is 22.3. The highest BCUT2D eigenvalue weighted by molar-refractivity contribution is 5.88. The molecule has 3 aliphatic rings. The summed E-state index contributed by atoms with van der Waals surface area (Å²) >= 11 is 0. The predicted octanol–water partition coefficient (Wildman–Crippen LogP) is 4.80. The summed E-state index contributed by atoms with van der Waals surface area (Å²) in [4.78, 5) is 32.0. The second kappa shape index (κ2) is 8.62. The van der Waals surface area contributed by atoms with Crippen molar-refractivity contribution in [3.63, 3.8) is 0 Å². The summed E-state index contributed by atoms with van der Waals surface area (Å²) in [6, 6.07) is 8.62. The lowest BCUT2D eigenvalue weighted by Gasteiger charge is -2.54. The van der Waals surface area contributed by atoms with Gasteiger partial charge in [0.2, 0.25) is 5.69 Å². The number of fused-ring (bicyclic) bond motifs is 2. The number of aromatic nitrogens is 2. The van der Waals surface area contributed by atoms with Crippen molar-refractivity contribution in [1.82, 2.24) is 14.5 Å². The highest BCUT2D eigenvalue weighted by Gasteiger charge is 2.58. The van der Waals surface area contributed by atoms with Gasteiger partial charge in [-0.2, -0.15) is 0 Å². The molecule has 172 valence electrons. The fourth-order valence-corrected chi connectivity index (χ4v) is 6.88. The van der Waals surface area contributed by atoms with Crippen LogP contribution >= 0.6 is 0 Å². The van der Waals surface area contributed by atoms with Gasteiger partial charge in [0.1, 0.15) is 0 Å². The van der Waals surface area contributed by atoms with Crippen LogP contribution in [-0.2, 0) is 5.54 Å². The first-order valence-electron chi connectivity index (χ1n) is 12.5. The summed E-state index contributed by atoms with van der Waals surface area (Å²) in [7, 11) is 0. The number of carboxylic acids is 1. The van der Waals surface area contributed by atoms with Crippen LogP contribution in [0.15, 0.2) is 29.1 Å². The lowest BCUT2D eigenvalue weighted by Crippen LogP contribution is -2.62. The first-order valence-corrected chi connectivity index (χ1v) is 12.5. The molecule has 1 N–H and O–H groups in total. The lowest BCUT2D eigenvalue weighted by atomic mass is 9.63. The maximum absolute atomic E-state index is 13.3. The number of rotatable bonds is 3. The van der Waals surface area contributed by atoms with Crippen LogP contribution in [0.25, 0.3) is 11.0 Å². The molecule has 2 aliphatic carbocycles. The minimum Gasteiger partial charge on any atom is -0.476 e. The Hall–Kier alpha value is -2.21. The number of para-hydroxylation sites is 2. The van der Waals surface area contributed by atoms with Crippen LogP contribution in [0.5, 0.6) is 0 Å². The van der Waals surface area contributed by atoms with Gasteiger partial charge in [0, 0.05) is 12.1 Å². The minimum absolute atomic E-state index is 0.362. The lowest BCUT2D eigenvalue weighted by molar-refractivity contribution is -0.0204. The van der Waals surface area contributed by atoms with E-state index >= 15 is 0 Å². The summed E-state index contributed by atoms with van der Waals surface area (Å²) in [5.41, 5.74) is 0.140. The molecule has 0 radical (unpaired) electrons. The van der Waals surface area contributed by atoms with E-state index in [-0.39, 0.29) is 11.2 Å². The van der Waals surface area contributed by atoms with Crippen molar-refractivity contribution in [1.29, 1.82) is 0 Å². The van der Waals surface area contributed by atoms with Crippen LogP contribution in [0, 0.1) is 5.92 Å². The quantitative estimate of drug-likeness (QED) is 0.747. The van der Waals surface area contributed by atoms with E-state index in [1.54, 1.807) is 10.6 Å². The zero-order valence-corrected chi connectivity index (χ0v) is 19.1. The summed E-state index contributed by atoms with van der Waals surface area (Å²) in [5.74, 6) is -0.869. The van der Waals surface area contributed by atoms with Crippen molar-refractivity contribution in [3.05, 3.63) is 40.3 Å². The molecule has 1 aromatic heterocycles. The third kappa shape index (κ3) is 3.57. The Kier molecular flexibility index (Phi) is 5.82. The van der Waals surface area contributed by atoms with Gasteiger partial charge in [-0.05, 0) is 57.2 Å². The third-order valence-electron chi connectivity index (χ3n) is 8.53. The van der Waals surface area contributed by atoms with E-state index < -0.39 is 11.5 Å². The van der Waals surface area contributed by atoms with Crippen LogP contribution in [0.1, 0.15) is 88.0 Å². The van der Waals surface area contributed by atoms with Crippen LogP contribution in [0.2, 0.25) is 0 Å². The minimum atomic E-state index is -1.25. The number of hydrogen-bond donors (Lipinski definition) is 1. The molecule has 32 heavy (non-hydrogen) atoms. The molecule has 1 aromatic carbocycles. The molecule has 5 rings (SSSR count). The molecule has 2 saturated carbocycles. The Labute approximate surface area is 189 Å². The van der Waals surface area contributed by atoms with Crippen molar-refractivity contribution in [2.75, 3.05) is 6.54 Å². The average molecular weight is 438 g/mol. The number of likely N-dealkylation sites (tertiary alicyclic amines) is 1. The van der Waals surface area contributed by atoms with Crippen molar-refractivity contribution >= 4 is 17.0 Å². The second-order valence-corrected chi connectivity index (χ2v) is 10.4. The third-order valence-corrected chi connectivity index (χ3v) is 8.53. The number of carbonyl (C=O) groups is 1. The monoisotopic (exact) mass is 437 g/mol. The van der Waals surface area contributed by atoms with E-state index in [1.807, 2.05) is 18.2 Å². The maximum Gasteiger partial charge on any atom is 0.360 e. The van der Waals surface area contributed by atoms with Crippen LogP contribution in [0.3, 0.4) is 0 Å². The average Bonchev–Trinajstić information content (AvgIpc) is 3.14. The molecule has 0 bridgehead atoms. The molecule has 0 amide bonds. The Morgan fingerprint density at radius 2 is 1.69 bits per heavy atom. The normalized spacial score (nSPS) is 30.0. The number of carboxylic acid groups (broad SMARTS) is 1. The van der Waals surface area contributed by atoms with Crippen LogP contribution < -0.4 is 5.56 Å². The Morgan fingerprint density at radius 1 is 1.03 bits per heavy atom. The first kappa shape index (κ1) is 21.6. The second-order valence-electron chi connectivity index (χ2n) is 10.4. The molecular weight excluding hydrogens is 402 g/mol. The molecule has 3 atom stereocenters. The molecule has 3 fully saturated rings. The first-order chi connectivity index (χ1) is 15.5. The van der Waals surface area contributed by atoms with Crippen molar-refractivity contribution in [3.8, 4) is 0 Å². The number of hydrogen-bond acceptors (Lipinski definition) is 4. The topological polar surface area (TPSA) is 75.4 Å². The van der Waals surface area contributed by atoms with E-state index in [1.165, 1.54) is 57.8 Å². The number of aromatic carboxylic acids is 1. The van der Waals surface area contributed by atoms with Gasteiger partial charge in [0.15, 0.2) is 0 Å². The Morgan fingerprint density at radius 3 is 2.38 bits per heavy atom. The smallest absolute Gasteiger partial charge is 0.360 e. The Bertz CT molecular complexity index is 1050. The molecule has 0 spiro atoms. The number of nitrogens with zero attached hydrogens (tertiary/aromatic N) is 3. The van der Waals surface area contributed by atoms with E-state index in [0.717, 1.165) is 24.9 Å². The van der Waals surface area contributed by atoms with Gasteiger partial charge in [0.25, 0.3) is 5.56 Å². The van der Waals surface area contributed by atoms with Crippen LogP contribution in [0.4, 0.5) is 0 Å². The van der Waals surface area contributed by atoms with E-state index in [4.69, 9.17) is 0 Å². The molecule has 1 aliphatic heterocycles. The molecule has 6 nitrogen and oxygen atoms in total. The largest absolute Gasteiger partial charge is 0.476 e. The fourth-order valence-electron chi connectivity index (χ4n) is 6.88. The number of benzene rings is 1.